The van der Waals surface area contributed by atoms with Crippen molar-refractivity contribution in [2.75, 3.05) is 6.61 Å². The summed E-state index contributed by atoms with van der Waals surface area (Å²) < 4.78 is 0. The van der Waals surface area contributed by atoms with Crippen molar-refractivity contribution < 1.29 is 5.11 Å². The van der Waals surface area contributed by atoms with Gasteiger partial charge >= 0.3 is 0 Å². The first-order valence-electron chi connectivity index (χ1n) is 5.22. The van der Waals surface area contributed by atoms with Crippen molar-refractivity contribution in [3.05, 3.63) is 35.9 Å². The van der Waals surface area contributed by atoms with Gasteiger partial charge in [-0.2, -0.15) is 0 Å². The summed E-state index contributed by atoms with van der Waals surface area (Å²) in [5.41, 5.74) is 1.50. The summed E-state index contributed by atoms with van der Waals surface area (Å²) in [4.78, 5) is 0. The lowest BCUT2D eigenvalue weighted by molar-refractivity contribution is 0.209. The Kier molecular flexibility index (Phi) is 3.70. The Labute approximate surface area is 86.8 Å². The highest BCUT2D eigenvalue weighted by Gasteiger charge is 2.22. The van der Waals surface area contributed by atoms with Gasteiger partial charge in [0, 0.05) is 6.61 Å². The molecule has 0 aliphatic carbocycles. The van der Waals surface area contributed by atoms with Gasteiger partial charge in [-0.1, -0.05) is 51.1 Å². The normalized spacial score (nSPS) is 14.0. The van der Waals surface area contributed by atoms with Gasteiger partial charge in [0.2, 0.25) is 0 Å². The molecule has 0 unspecified atom stereocenters. The van der Waals surface area contributed by atoms with Crippen LogP contribution in [0.3, 0.4) is 0 Å². The third-order valence-corrected chi connectivity index (χ3v) is 2.73. The maximum absolute atomic E-state index is 9.05. The first kappa shape index (κ1) is 11.3. The Balaban J connectivity index is 2.75. The van der Waals surface area contributed by atoms with Crippen LogP contribution in [0, 0.1) is 5.92 Å². The van der Waals surface area contributed by atoms with Gasteiger partial charge in [0.25, 0.3) is 0 Å². The molecule has 0 bridgehead atoms. The zero-order valence-electron chi connectivity index (χ0n) is 9.33. The average molecular weight is 192 g/mol. The molecule has 1 aromatic carbocycles. The maximum atomic E-state index is 9.05. The Morgan fingerprint density at radius 1 is 1.21 bits per heavy atom. The van der Waals surface area contributed by atoms with Crippen molar-refractivity contribution in [3.63, 3.8) is 0 Å². The number of hydrogen-bond acceptors (Lipinski definition) is 1. The van der Waals surface area contributed by atoms with Crippen molar-refractivity contribution >= 4 is 0 Å². The topological polar surface area (TPSA) is 20.2 Å². The molecule has 0 aliphatic rings. The van der Waals surface area contributed by atoms with Gasteiger partial charge in [-0.15, -0.1) is 0 Å². The monoisotopic (exact) mass is 192 g/mol. The summed E-state index contributed by atoms with van der Waals surface area (Å²) in [6, 6.07) is 10.5. The fraction of sp³-hybridized carbons (Fsp3) is 0.538. The Morgan fingerprint density at radius 2 is 1.79 bits per heavy atom. The van der Waals surface area contributed by atoms with Crippen LogP contribution in [0.1, 0.15) is 32.8 Å². The summed E-state index contributed by atoms with van der Waals surface area (Å²) in [5, 5.41) is 9.05. The number of aliphatic hydroxyl groups is 1. The van der Waals surface area contributed by atoms with Crippen molar-refractivity contribution in [3.8, 4) is 0 Å². The van der Waals surface area contributed by atoms with Crippen LogP contribution in [0.25, 0.3) is 0 Å². The predicted molar refractivity (Wildman–Crippen MR) is 60.3 cm³/mol. The fourth-order valence-electron chi connectivity index (χ4n) is 1.94. The Bertz CT molecular complexity index is 264. The first-order chi connectivity index (χ1) is 6.56. The molecule has 1 rings (SSSR count). The van der Waals surface area contributed by atoms with Crippen LogP contribution in [0.2, 0.25) is 0 Å². The van der Waals surface area contributed by atoms with E-state index in [9.17, 15) is 0 Å². The van der Waals surface area contributed by atoms with Crippen LogP contribution in [0.4, 0.5) is 0 Å². The molecule has 0 saturated carbocycles. The molecule has 0 aliphatic heterocycles. The van der Waals surface area contributed by atoms with E-state index in [4.69, 9.17) is 5.11 Å². The van der Waals surface area contributed by atoms with Crippen molar-refractivity contribution in [1.82, 2.24) is 0 Å². The second kappa shape index (κ2) is 4.61. The van der Waals surface area contributed by atoms with E-state index < -0.39 is 0 Å². The second-order valence-electron chi connectivity index (χ2n) is 4.74. The molecule has 1 atom stereocenters. The summed E-state index contributed by atoms with van der Waals surface area (Å²) in [6.45, 7) is 6.82. The van der Waals surface area contributed by atoms with Crippen molar-refractivity contribution in [1.29, 1.82) is 0 Å². The zero-order valence-corrected chi connectivity index (χ0v) is 9.33. The molecule has 0 spiro atoms. The molecule has 0 radical (unpaired) electrons. The highest BCUT2D eigenvalue weighted by Crippen LogP contribution is 2.29. The SMILES string of the molecule is C[C@@H](CO)CC(C)(C)c1ccccc1. The zero-order chi connectivity index (χ0) is 10.6. The van der Waals surface area contributed by atoms with Crippen LogP contribution < -0.4 is 0 Å². The quantitative estimate of drug-likeness (QED) is 0.777. The smallest absolute Gasteiger partial charge is 0.0456 e. The molecular formula is C13H20O. The van der Waals surface area contributed by atoms with Crippen molar-refractivity contribution in [2.45, 2.75) is 32.6 Å². The largest absolute Gasteiger partial charge is 0.396 e. The van der Waals surface area contributed by atoms with Crippen LogP contribution in [-0.2, 0) is 5.41 Å². The third kappa shape index (κ3) is 2.85. The lowest BCUT2D eigenvalue weighted by atomic mass is 9.78. The highest BCUT2D eigenvalue weighted by molar-refractivity contribution is 5.23. The number of rotatable bonds is 4. The third-order valence-electron chi connectivity index (χ3n) is 2.73. The molecule has 0 fully saturated rings. The molecule has 1 nitrogen and oxygen atoms in total. The lowest BCUT2D eigenvalue weighted by Gasteiger charge is -2.27. The van der Waals surface area contributed by atoms with E-state index in [2.05, 4.69) is 45.0 Å². The average Bonchev–Trinajstić information content (AvgIpc) is 2.18. The summed E-state index contributed by atoms with van der Waals surface area (Å²) in [7, 11) is 0. The minimum atomic E-state index is 0.156. The van der Waals surface area contributed by atoms with Gasteiger partial charge in [-0.05, 0) is 23.3 Å². The van der Waals surface area contributed by atoms with Gasteiger partial charge in [-0.3, -0.25) is 0 Å². The Hall–Kier alpha value is -0.820. The number of aliphatic hydroxyl groups excluding tert-OH is 1. The second-order valence-corrected chi connectivity index (χ2v) is 4.74. The van der Waals surface area contributed by atoms with Crippen LogP contribution in [-0.4, -0.2) is 11.7 Å². The standard InChI is InChI=1S/C13H20O/c1-11(10-14)9-13(2,3)12-7-5-4-6-8-12/h4-8,11,14H,9-10H2,1-3H3/t11-/m1/s1. The molecule has 1 heteroatoms. The van der Waals surface area contributed by atoms with E-state index in [1.165, 1.54) is 5.56 Å². The van der Waals surface area contributed by atoms with E-state index in [1.54, 1.807) is 0 Å². The van der Waals surface area contributed by atoms with Gasteiger partial charge in [-0.25, -0.2) is 0 Å². The molecule has 0 saturated heterocycles. The molecular weight excluding hydrogens is 172 g/mol. The van der Waals surface area contributed by atoms with E-state index in [-0.39, 0.29) is 12.0 Å². The van der Waals surface area contributed by atoms with E-state index in [0.717, 1.165) is 6.42 Å². The maximum Gasteiger partial charge on any atom is 0.0456 e. The Morgan fingerprint density at radius 3 is 2.29 bits per heavy atom. The van der Waals surface area contributed by atoms with Crippen molar-refractivity contribution in [2.24, 2.45) is 5.92 Å². The molecule has 0 amide bonds. The molecule has 78 valence electrons. The van der Waals surface area contributed by atoms with Gasteiger partial charge in [0.1, 0.15) is 0 Å². The molecule has 14 heavy (non-hydrogen) atoms. The minimum Gasteiger partial charge on any atom is -0.396 e. The van der Waals surface area contributed by atoms with Crippen LogP contribution in [0.15, 0.2) is 30.3 Å². The lowest BCUT2D eigenvalue weighted by Crippen LogP contribution is -2.22. The van der Waals surface area contributed by atoms with E-state index in [1.807, 2.05) is 6.07 Å². The summed E-state index contributed by atoms with van der Waals surface area (Å²) in [5.74, 6) is 0.366. The van der Waals surface area contributed by atoms with Gasteiger partial charge < -0.3 is 5.11 Å². The summed E-state index contributed by atoms with van der Waals surface area (Å²) in [6.07, 6.45) is 1.02. The van der Waals surface area contributed by atoms with Gasteiger partial charge in [0.05, 0.1) is 0 Å². The minimum absolute atomic E-state index is 0.156. The number of hydrogen-bond donors (Lipinski definition) is 1. The highest BCUT2D eigenvalue weighted by atomic mass is 16.3. The van der Waals surface area contributed by atoms with E-state index in [0.29, 0.717) is 5.92 Å². The van der Waals surface area contributed by atoms with E-state index >= 15 is 0 Å². The van der Waals surface area contributed by atoms with Crippen LogP contribution >= 0.6 is 0 Å². The first-order valence-corrected chi connectivity index (χ1v) is 5.22. The van der Waals surface area contributed by atoms with Crippen LogP contribution in [0.5, 0.6) is 0 Å². The molecule has 0 heterocycles. The predicted octanol–water partition coefficient (Wildman–Crippen LogP) is 2.98. The molecule has 1 aromatic rings. The molecule has 0 aromatic heterocycles. The molecule has 1 N–H and O–H groups in total. The van der Waals surface area contributed by atoms with Gasteiger partial charge in [0.15, 0.2) is 0 Å². The summed E-state index contributed by atoms with van der Waals surface area (Å²) >= 11 is 0. The number of benzene rings is 1. The fourth-order valence-corrected chi connectivity index (χ4v) is 1.94.